The van der Waals surface area contributed by atoms with Gasteiger partial charge >= 0.3 is 0 Å². The van der Waals surface area contributed by atoms with Crippen LogP contribution in [0.2, 0.25) is 0 Å². The maximum absolute atomic E-state index is 5.75. The Morgan fingerprint density at radius 1 is 0.625 bits per heavy atom. The second-order valence-electron chi connectivity index (χ2n) is 6.64. The Balaban J connectivity index is 0.000000301. The number of H-pyrrole nitrogens is 2. The predicted octanol–water partition coefficient (Wildman–Crippen LogP) is -4.11. The van der Waals surface area contributed by atoms with Crippen LogP contribution in [0.1, 0.15) is 11.1 Å². The SMILES string of the molecule is COc1ccc(C[n+]2[nH]ccc2N)cc1.COc1ccc(C[n+]2[nH]ccc2N)cc1.[Cl-].[Cl-]. The first-order valence-electron chi connectivity index (χ1n) is 9.50. The van der Waals surface area contributed by atoms with Crippen LogP contribution in [-0.2, 0) is 13.1 Å². The van der Waals surface area contributed by atoms with Gasteiger partial charge < -0.3 is 34.3 Å². The molecule has 2 aromatic heterocycles. The first-order valence-corrected chi connectivity index (χ1v) is 9.50. The molecule has 0 fully saturated rings. The van der Waals surface area contributed by atoms with E-state index >= 15 is 0 Å². The van der Waals surface area contributed by atoms with E-state index in [0.29, 0.717) is 0 Å². The number of aromatic nitrogens is 4. The molecule has 8 nitrogen and oxygen atoms in total. The molecule has 172 valence electrons. The van der Waals surface area contributed by atoms with Crippen LogP contribution in [0.15, 0.2) is 73.1 Å². The standard InChI is InChI=1S/2C11H13N3O.2ClH/c2*1-15-10-4-2-9(3-5-10)8-14-11(12)6-7-13-14;;/h2*2-7H,8H2,1H3,(H2,12,13);2*1H. The van der Waals surface area contributed by atoms with E-state index in [-0.39, 0.29) is 24.8 Å². The van der Waals surface area contributed by atoms with Gasteiger partial charge in [0.25, 0.3) is 11.6 Å². The Hall–Kier alpha value is -3.36. The van der Waals surface area contributed by atoms with Gasteiger partial charge in [-0.25, -0.2) is 10.2 Å². The summed E-state index contributed by atoms with van der Waals surface area (Å²) in [5.74, 6) is 3.18. The van der Waals surface area contributed by atoms with Gasteiger partial charge in [-0.05, 0) is 35.4 Å². The van der Waals surface area contributed by atoms with E-state index in [1.807, 2.05) is 82.4 Å². The molecule has 4 aromatic rings. The third-order valence-corrected chi connectivity index (χ3v) is 4.59. The number of rotatable bonds is 6. The molecule has 4 rings (SSSR count). The second-order valence-corrected chi connectivity index (χ2v) is 6.64. The lowest BCUT2D eigenvalue weighted by Gasteiger charge is -2.01. The largest absolute Gasteiger partial charge is 1.00 e. The number of nitrogen functional groups attached to an aromatic ring is 2. The number of hydrogen-bond donors (Lipinski definition) is 4. The molecule has 0 amide bonds. The molecule has 2 aromatic carbocycles. The fourth-order valence-electron chi connectivity index (χ4n) is 2.86. The summed E-state index contributed by atoms with van der Waals surface area (Å²) in [4.78, 5) is 0. The van der Waals surface area contributed by atoms with E-state index in [0.717, 1.165) is 36.2 Å². The summed E-state index contributed by atoms with van der Waals surface area (Å²) in [6.07, 6.45) is 3.64. The highest BCUT2D eigenvalue weighted by molar-refractivity contribution is 5.28. The van der Waals surface area contributed by atoms with Crippen molar-refractivity contribution in [3.63, 3.8) is 0 Å². The minimum absolute atomic E-state index is 0. The van der Waals surface area contributed by atoms with Crippen LogP contribution in [0.4, 0.5) is 11.6 Å². The van der Waals surface area contributed by atoms with Crippen molar-refractivity contribution < 1.29 is 43.7 Å². The Morgan fingerprint density at radius 2 is 0.969 bits per heavy atom. The number of ether oxygens (including phenoxy) is 2. The summed E-state index contributed by atoms with van der Waals surface area (Å²) in [5.41, 5.74) is 13.9. The number of aromatic amines is 2. The summed E-state index contributed by atoms with van der Waals surface area (Å²) in [6, 6.07) is 19.5. The smallest absolute Gasteiger partial charge is 0.292 e. The van der Waals surface area contributed by atoms with E-state index in [4.69, 9.17) is 20.9 Å². The van der Waals surface area contributed by atoms with Gasteiger partial charge in [0.2, 0.25) is 0 Å². The molecule has 0 radical (unpaired) electrons. The highest BCUT2D eigenvalue weighted by atomic mass is 35.5. The minimum atomic E-state index is 0. The number of hydrogen-bond acceptors (Lipinski definition) is 4. The number of anilines is 2. The summed E-state index contributed by atoms with van der Waals surface area (Å²) >= 11 is 0. The first-order chi connectivity index (χ1) is 14.6. The van der Waals surface area contributed by atoms with Crippen molar-refractivity contribution in [3.05, 3.63) is 84.2 Å². The Bertz CT molecular complexity index is 963. The fourth-order valence-corrected chi connectivity index (χ4v) is 2.86. The van der Waals surface area contributed by atoms with Crippen molar-refractivity contribution >= 4 is 11.6 Å². The maximum Gasteiger partial charge on any atom is 0.292 e. The van der Waals surface area contributed by atoms with Gasteiger partial charge in [-0.15, -0.1) is 0 Å². The molecule has 0 saturated carbocycles. The molecule has 0 saturated heterocycles. The number of halogens is 2. The molecule has 10 heteroatoms. The molecule has 0 aliphatic rings. The predicted molar refractivity (Wildman–Crippen MR) is 115 cm³/mol. The minimum Gasteiger partial charge on any atom is -1.00 e. The monoisotopic (exact) mass is 478 g/mol. The summed E-state index contributed by atoms with van der Waals surface area (Å²) in [6.45, 7) is 1.48. The van der Waals surface area contributed by atoms with Crippen LogP contribution >= 0.6 is 0 Å². The molecule has 0 aliphatic heterocycles. The molecule has 6 N–H and O–H groups in total. The van der Waals surface area contributed by atoms with Gasteiger partial charge in [-0.2, -0.15) is 9.36 Å². The summed E-state index contributed by atoms with van der Waals surface area (Å²) in [7, 11) is 3.32. The molecule has 0 spiro atoms. The van der Waals surface area contributed by atoms with Gasteiger partial charge in [0.1, 0.15) is 24.6 Å². The zero-order valence-electron chi connectivity index (χ0n) is 18.0. The average molecular weight is 479 g/mol. The van der Waals surface area contributed by atoms with Crippen molar-refractivity contribution in [1.82, 2.24) is 10.2 Å². The fraction of sp³-hybridized carbons (Fsp3) is 0.182. The zero-order chi connectivity index (χ0) is 21.3. The van der Waals surface area contributed by atoms with Crippen LogP contribution in [0.3, 0.4) is 0 Å². The molecular weight excluding hydrogens is 451 g/mol. The third kappa shape index (κ3) is 7.40. The van der Waals surface area contributed by atoms with Crippen LogP contribution in [0.5, 0.6) is 11.5 Å². The highest BCUT2D eigenvalue weighted by Crippen LogP contribution is 2.12. The van der Waals surface area contributed by atoms with Crippen molar-refractivity contribution in [2.24, 2.45) is 0 Å². The van der Waals surface area contributed by atoms with Crippen LogP contribution in [-0.4, -0.2) is 24.4 Å². The van der Waals surface area contributed by atoms with E-state index < -0.39 is 0 Å². The molecular formula is C22H28Cl2N6O2. The first kappa shape index (κ1) is 26.7. The third-order valence-electron chi connectivity index (χ3n) is 4.59. The molecule has 2 heterocycles. The molecule has 32 heavy (non-hydrogen) atoms. The Kier molecular flexibility index (Phi) is 11.0. The van der Waals surface area contributed by atoms with Crippen LogP contribution in [0.25, 0.3) is 0 Å². The van der Waals surface area contributed by atoms with Crippen LogP contribution in [0, 0.1) is 0 Å². The lowest BCUT2D eigenvalue weighted by molar-refractivity contribution is -0.729. The lowest BCUT2D eigenvalue weighted by atomic mass is 10.2. The Labute approximate surface area is 199 Å². The average Bonchev–Trinajstić information content (AvgIpc) is 3.37. The van der Waals surface area contributed by atoms with Crippen molar-refractivity contribution in [1.29, 1.82) is 0 Å². The number of nitrogens with one attached hydrogen (secondary N) is 2. The number of nitrogens with zero attached hydrogens (tertiary/aromatic N) is 2. The Morgan fingerprint density at radius 3 is 1.22 bits per heavy atom. The molecule has 0 unspecified atom stereocenters. The summed E-state index contributed by atoms with van der Waals surface area (Å²) in [5, 5.41) is 6.09. The van der Waals surface area contributed by atoms with Gasteiger partial charge in [0, 0.05) is 24.5 Å². The van der Waals surface area contributed by atoms with E-state index in [9.17, 15) is 0 Å². The number of nitrogens with two attached hydrogens (primary N) is 2. The molecule has 0 bridgehead atoms. The number of benzene rings is 2. The van der Waals surface area contributed by atoms with E-state index in [1.165, 1.54) is 11.1 Å². The molecule has 0 aliphatic carbocycles. The second kappa shape index (κ2) is 13.1. The van der Waals surface area contributed by atoms with E-state index in [2.05, 4.69) is 10.2 Å². The summed E-state index contributed by atoms with van der Waals surface area (Å²) < 4.78 is 13.9. The van der Waals surface area contributed by atoms with Gasteiger partial charge in [0.15, 0.2) is 0 Å². The lowest BCUT2D eigenvalue weighted by Crippen LogP contribution is -3.00. The van der Waals surface area contributed by atoms with Gasteiger partial charge in [0.05, 0.1) is 14.2 Å². The quantitative estimate of drug-likeness (QED) is 0.211. The van der Waals surface area contributed by atoms with Crippen molar-refractivity contribution in [3.8, 4) is 11.5 Å². The van der Waals surface area contributed by atoms with Gasteiger partial charge in [-0.3, -0.25) is 11.5 Å². The van der Waals surface area contributed by atoms with Crippen LogP contribution < -0.4 is 55.1 Å². The highest BCUT2D eigenvalue weighted by Gasteiger charge is 2.06. The van der Waals surface area contributed by atoms with Crippen molar-refractivity contribution in [2.45, 2.75) is 13.1 Å². The van der Waals surface area contributed by atoms with E-state index in [1.54, 1.807) is 14.2 Å². The maximum atomic E-state index is 5.75. The number of methoxy groups -OCH3 is 2. The molecule has 0 atom stereocenters. The zero-order valence-corrected chi connectivity index (χ0v) is 19.5. The van der Waals surface area contributed by atoms with Crippen molar-refractivity contribution in [2.75, 3.05) is 25.7 Å². The normalized spacial score (nSPS) is 9.56. The van der Waals surface area contributed by atoms with Gasteiger partial charge in [-0.1, -0.05) is 24.3 Å². The topological polar surface area (TPSA) is 110 Å².